The van der Waals surface area contributed by atoms with Crippen molar-refractivity contribution in [1.82, 2.24) is 10.3 Å². The summed E-state index contributed by atoms with van der Waals surface area (Å²) in [5, 5.41) is 2.82. The van der Waals surface area contributed by atoms with Crippen LogP contribution in [-0.2, 0) is 11.2 Å². The van der Waals surface area contributed by atoms with Crippen molar-refractivity contribution in [3.63, 3.8) is 0 Å². The molecule has 0 aliphatic rings. The van der Waals surface area contributed by atoms with Gasteiger partial charge < -0.3 is 9.73 Å². The van der Waals surface area contributed by atoms with Crippen molar-refractivity contribution >= 4 is 5.91 Å². The molecule has 1 aromatic heterocycles. The van der Waals surface area contributed by atoms with E-state index in [1.807, 2.05) is 44.2 Å². The topological polar surface area (TPSA) is 55.1 Å². The Balaban J connectivity index is 2.05. The summed E-state index contributed by atoms with van der Waals surface area (Å²) in [6.45, 7) is 3.85. The molecule has 0 bridgehead atoms. The second-order valence-corrected chi connectivity index (χ2v) is 4.41. The molecule has 1 amide bonds. The Labute approximate surface area is 106 Å². The maximum Gasteiger partial charge on any atom is 0.226 e. The van der Waals surface area contributed by atoms with Crippen LogP contribution in [0, 0.1) is 0 Å². The van der Waals surface area contributed by atoms with Gasteiger partial charge in [0, 0.05) is 11.6 Å². The fourth-order valence-corrected chi connectivity index (χ4v) is 1.64. The van der Waals surface area contributed by atoms with Crippen LogP contribution in [0.1, 0.15) is 19.5 Å². The number of rotatable bonds is 4. The van der Waals surface area contributed by atoms with E-state index in [1.54, 1.807) is 0 Å². The molecular weight excluding hydrogens is 228 g/mol. The normalized spacial score (nSPS) is 10.6. The summed E-state index contributed by atoms with van der Waals surface area (Å²) in [5.41, 5.74) is 1.56. The first-order chi connectivity index (χ1) is 8.65. The zero-order valence-electron chi connectivity index (χ0n) is 10.5. The van der Waals surface area contributed by atoms with Gasteiger partial charge >= 0.3 is 0 Å². The Morgan fingerprint density at radius 3 is 2.72 bits per heavy atom. The predicted molar refractivity (Wildman–Crippen MR) is 68.9 cm³/mol. The van der Waals surface area contributed by atoms with Crippen LogP contribution in [0.2, 0.25) is 0 Å². The van der Waals surface area contributed by atoms with Crippen molar-refractivity contribution < 1.29 is 9.21 Å². The van der Waals surface area contributed by atoms with Crippen LogP contribution in [-0.4, -0.2) is 16.9 Å². The molecule has 0 aliphatic heterocycles. The molecule has 18 heavy (non-hydrogen) atoms. The summed E-state index contributed by atoms with van der Waals surface area (Å²) in [4.78, 5) is 15.9. The summed E-state index contributed by atoms with van der Waals surface area (Å²) in [5.74, 6) is 0.501. The monoisotopic (exact) mass is 244 g/mol. The predicted octanol–water partition coefficient (Wildman–Crippen LogP) is 2.41. The van der Waals surface area contributed by atoms with Crippen molar-refractivity contribution in [2.24, 2.45) is 0 Å². The average molecular weight is 244 g/mol. The molecule has 1 N–H and O–H groups in total. The Kier molecular flexibility index (Phi) is 3.77. The summed E-state index contributed by atoms with van der Waals surface area (Å²) in [7, 11) is 0. The van der Waals surface area contributed by atoms with Gasteiger partial charge in [0.05, 0.1) is 12.1 Å². The lowest BCUT2D eigenvalue weighted by atomic mass is 10.2. The number of oxazole rings is 1. The quantitative estimate of drug-likeness (QED) is 0.898. The summed E-state index contributed by atoms with van der Waals surface area (Å²) >= 11 is 0. The van der Waals surface area contributed by atoms with E-state index in [0.29, 0.717) is 11.6 Å². The van der Waals surface area contributed by atoms with Gasteiger partial charge in [-0.1, -0.05) is 18.2 Å². The van der Waals surface area contributed by atoms with E-state index in [0.717, 1.165) is 5.56 Å². The molecule has 0 saturated carbocycles. The van der Waals surface area contributed by atoms with Crippen LogP contribution < -0.4 is 5.32 Å². The zero-order chi connectivity index (χ0) is 13.0. The highest BCUT2D eigenvalue weighted by Gasteiger charge is 2.10. The largest absolute Gasteiger partial charge is 0.444 e. The highest BCUT2D eigenvalue weighted by atomic mass is 16.3. The smallest absolute Gasteiger partial charge is 0.226 e. The fraction of sp³-hybridized carbons (Fsp3) is 0.286. The van der Waals surface area contributed by atoms with Gasteiger partial charge in [-0.05, 0) is 26.0 Å². The van der Waals surface area contributed by atoms with Gasteiger partial charge in [0.25, 0.3) is 0 Å². The van der Waals surface area contributed by atoms with Crippen LogP contribution >= 0.6 is 0 Å². The molecule has 0 aliphatic carbocycles. The summed E-state index contributed by atoms with van der Waals surface area (Å²) in [6.07, 6.45) is 1.77. The first kappa shape index (κ1) is 12.4. The molecule has 94 valence electrons. The molecule has 4 nitrogen and oxygen atoms in total. The van der Waals surface area contributed by atoms with Crippen molar-refractivity contribution in [1.29, 1.82) is 0 Å². The fourth-order valence-electron chi connectivity index (χ4n) is 1.64. The standard InChI is InChI=1S/C14H16N2O2/c1-10(2)15-13(17)8-12-9-18-14(16-12)11-6-4-3-5-7-11/h3-7,9-10H,8H2,1-2H3,(H,15,17). The molecule has 2 rings (SSSR count). The Morgan fingerprint density at radius 2 is 2.06 bits per heavy atom. The third kappa shape index (κ3) is 3.20. The van der Waals surface area contributed by atoms with Crippen molar-refractivity contribution in [3.8, 4) is 11.5 Å². The molecule has 0 saturated heterocycles. The maximum absolute atomic E-state index is 11.6. The molecule has 0 radical (unpaired) electrons. The molecule has 0 spiro atoms. The first-order valence-electron chi connectivity index (χ1n) is 5.94. The Morgan fingerprint density at radius 1 is 1.33 bits per heavy atom. The number of nitrogens with one attached hydrogen (secondary N) is 1. The second-order valence-electron chi connectivity index (χ2n) is 4.41. The van der Waals surface area contributed by atoms with Gasteiger partial charge in [-0.2, -0.15) is 0 Å². The van der Waals surface area contributed by atoms with Gasteiger partial charge in [0.1, 0.15) is 6.26 Å². The van der Waals surface area contributed by atoms with Crippen LogP contribution in [0.5, 0.6) is 0 Å². The third-order valence-corrected chi connectivity index (χ3v) is 2.36. The number of hydrogen-bond acceptors (Lipinski definition) is 3. The highest BCUT2D eigenvalue weighted by Crippen LogP contribution is 2.17. The number of carbonyl (C=O) groups is 1. The zero-order valence-corrected chi connectivity index (χ0v) is 10.5. The number of amides is 1. The molecule has 0 fully saturated rings. The number of hydrogen-bond donors (Lipinski definition) is 1. The van der Waals surface area contributed by atoms with Crippen LogP contribution in [0.15, 0.2) is 41.0 Å². The summed E-state index contributed by atoms with van der Waals surface area (Å²) in [6, 6.07) is 9.75. The van der Waals surface area contributed by atoms with Crippen molar-refractivity contribution in [2.75, 3.05) is 0 Å². The van der Waals surface area contributed by atoms with E-state index < -0.39 is 0 Å². The lowest BCUT2D eigenvalue weighted by molar-refractivity contribution is -0.120. The molecule has 1 aromatic carbocycles. The second kappa shape index (κ2) is 5.49. The van der Waals surface area contributed by atoms with Gasteiger partial charge in [0.15, 0.2) is 0 Å². The van der Waals surface area contributed by atoms with Gasteiger partial charge in [-0.15, -0.1) is 0 Å². The maximum atomic E-state index is 11.6. The highest BCUT2D eigenvalue weighted by molar-refractivity contribution is 5.78. The number of aromatic nitrogens is 1. The Hall–Kier alpha value is -2.10. The number of carbonyl (C=O) groups excluding carboxylic acids is 1. The van der Waals surface area contributed by atoms with E-state index in [9.17, 15) is 4.79 Å². The van der Waals surface area contributed by atoms with Gasteiger partial charge in [-0.25, -0.2) is 4.98 Å². The van der Waals surface area contributed by atoms with E-state index >= 15 is 0 Å². The minimum atomic E-state index is -0.0436. The molecular formula is C14H16N2O2. The third-order valence-electron chi connectivity index (χ3n) is 2.36. The molecule has 1 heterocycles. The first-order valence-corrected chi connectivity index (χ1v) is 5.94. The SMILES string of the molecule is CC(C)NC(=O)Cc1coc(-c2ccccc2)n1. The van der Waals surface area contributed by atoms with Crippen LogP contribution in [0.3, 0.4) is 0 Å². The molecule has 4 heteroatoms. The number of benzene rings is 1. The minimum absolute atomic E-state index is 0.0436. The van der Waals surface area contributed by atoms with Crippen LogP contribution in [0.4, 0.5) is 0 Å². The Bertz CT molecular complexity index is 518. The van der Waals surface area contributed by atoms with Gasteiger partial charge in [-0.3, -0.25) is 4.79 Å². The minimum Gasteiger partial charge on any atom is -0.444 e. The van der Waals surface area contributed by atoms with E-state index in [1.165, 1.54) is 6.26 Å². The molecule has 0 atom stereocenters. The van der Waals surface area contributed by atoms with E-state index in [4.69, 9.17) is 4.42 Å². The van der Waals surface area contributed by atoms with Crippen molar-refractivity contribution in [3.05, 3.63) is 42.3 Å². The van der Waals surface area contributed by atoms with Gasteiger partial charge in [0.2, 0.25) is 11.8 Å². The molecule has 2 aromatic rings. The average Bonchev–Trinajstić information content (AvgIpc) is 2.77. The van der Waals surface area contributed by atoms with Crippen molar-refractivity contribution in [2.45, 2.75) is 26.3 Å². The lowest BCUT2D eigenvalue weighted by Crippen LogP contribution is -2.31. The molecule has 0 unspecified atom stereocenters. The van der Waals surface area contributed by atoms with E-state index in [2.05, 4.69) is 10.3 Å². The summed E-state index contributed by atoms with van der Waals surface area (Å²) < 4.78 is 5.37. The lowest BCUT2D eigenvalue weighted by Gasteiger charge is -2.05. The number of nitrogens with zero attached hydrogens (tertiary/aromatic N) is 1. The van der Waals surface area contributed by atoms with Crippen LogP contribution in [0.25, 0.3) is 11.5 Å². The van der Waals surface area contributed by atoms with E-state index in [-0.39, 0.29) is 18.4 Å².